The number of nitrogens with one attached hydrogen (secondary N) is 1. The zero-order chi connectivity index (χ0) is 14.1. The summed E-state index contributed by atoms with van der Waals surface area (Å²) < 4.78 is 2.07. The van der Waals surface area contributed by atoms with E-state index in [1.54, 1.807) is 6.20 Å². The molecule has 1 aliphatic carbocycles. The average molecular weight is 276 g/mol. The predicted octanol–water partition coefficient (Wildman–Crippen LogP) is 1.46. The molecule has 2 fully saturated rings. The highest BCUT2D eigenvalue weighted by Gasteiger charge is 2.34. The van der Waals surface area contributed by atoms with Crippen molar-refractivity contribution < 1.29 is 4.79 Å². The van der Waals surface area contributed by atoms with Gasteiger partial charge in [-0.3, -0.25) is 9.48 Å². The average Bonchev–Trinajstić information content (AvgIpc) is 3.20. The highest BCUT2D eigenvalue weighted by Crippen LogP contribution is 2.42. The van der Waals surface area contributed by atoms with Crippen molar-refractivity contribution in [3.63, 3.8) is 0 Å². The topological polar surface area (TPSA) is 50.2 Å². The zero-order valence-electron chi connectivity index (χ0n) is 12.4. The minimum absolute atomic E-state index is 0.170. The fourth-order valence-corrected chi connectivity index (χ4v) is 2.88. The third kappa shape index (κ3) is 2.73. The number of carbonyl (C=O) groups is 1. The summed E-state index contributed by atoms with van der Waals surface area (Å²) in [6.45, 7) is 8.68. The second-order valence-corrected chi connectivity index (χ2v) is 6.34. The molecule has 20 heavy (non-hydrogen) atoms. The summed E-state index contributed by atoms with van der Waals surface area (Å²) in [7, 11) is 0. The molecule has 0 radical (unpaired) electrons. The summed E-state index contributed by atoms with van der Waals surface area (Å²) in [5.74, 6) is 1.27. The van der Waals surface area contributed by atoms with Gasteiger partial charge in [-0.05, 0) is 18.8 Å². The summed E-state index contributed by atoms with van der Waals surface area (Å²) in [5, 5.41) is 7.77. The van der Waals surface area contributed by atoms with E-state index < -0.39 is 0 Å². The van der Waals surface area contributed by atoms with Crippen LogP contribution < -0.4 is 5.32 Å². The minimum atomic E-state index is 0.170. The van der Waals surface area contributed by atoms with Gasteiger partial charge in [-0.2, -0.15) is 5.10 Å². The van der Waals surface area contributed by atoms with Crippen LogP contribution in [0.4, 0.5) is 0 Å². The number of hydrogen-bond acceptors (Lipinski definition) is 3. The van der Waals surface area contributed by atoms with Crippen LogP contribution in [0.15, 0.2) is 6.20 Å². The Morgan fingerprint density at radius 1 is 1.40 bits per heavy atom. The molecule has 1 saturated carbocycles. The highest BCUT2D eigenvalue weighted by atomic mass is 16.2. The Morgan fingerprint density at radius 2 is 2.10 bits per heavy atom. The van der Waals surface area contributed by atoms with E-state index in [0.717, 1.165) is 38.3 Å². The van der Waals surface area contributed by atoms with Crippen molar-refractivity contribution in [1.82, 2.24) is 20.0 Å². The van der Waals surface area contributed by atoms with Gasteiger partial charge in [-0.25, -0.2) is 0 Å². The highest BCUT2D eigenvalue weighted by molar-refractivity contribution is 5.95. The smallest absolute Gasteiger partial charge is 0.257 e. The van der Waals surface area contributed by atoms with Crippen molar-refractivity contribution in [3.05, 3.63) is 17.5 Å². The molecule has 1 amide bonds. The first kappa shape index (κ1) is 13.6. The summed E-state index contributed by atoms with van der Waals surface area (Å²) >= 11 is 0. The molecule has 1 N–H and O–H groups in total. The molecule has 0 aromatic carbocycles. The van der Waals surface area contributed by atoms with Gasteiger partial charge in [0.1, 0.15) is 0 Å². The SMILES string of the molecule is CC(C)Cn1ncc(C(=O)N2CCNCC2)c1C1CC1. The number of aromatic nitrogens is 2. The van der Waals surface area contributed by atoms with Crippen LogP contribution in [-0.4, -0.2) is 46.8 Å². The lowest BCUT2D eigenvalue weighted by Crippen LogP contribution is -2.46. The molecule has 0 spiro atoms. The van der Waals surface area contributed by atoms with Crippen LogP contribution in [0.5, 0.6) is 0 Å². The molecule has 1 saturated heterocycles. The van der Waals surface area contributed by atoms with E-state index in [2.05, 4.69) is 28.9 Å². The van der Waals surface area contributed by atoms with Crippen LogP contribution in [0, 0.1) is 5.92 Å². The normalized spacial score (nSPS) is 19.6. The van der Waals surface area contributed by atoms with E-state index in [0.29, 0.717) is 11.8 Å². The lowest BCUT2D eigenvalue weighted by atomic mass is 10.1. The van der Waals surface area contributed by atoms with Gasteiger partial charge in [0.2, 0.25) is 0 Å². The molecule has 5 heteroatoms. The molecule has 110 valence electrons. The third-order valence-corrected chi connectivity index (χ3v) is 4.02. The molecule has 0 unspecified atom stereocenters. The largest absolute Gasteiger partial charge is 0.336 e. The second kappa shape index (κ2) is 5.56. The van der Waals surface area contributed by atoms with Crippen LogP contribution in [0.3, 0.4) is 0 Å². The van der Waals surface area contributed by atoms with Gasteiger partial charge in [0.25, 0.3) is 5.91 Å². The van der Waals surface area contributed by atoms with Gasteiger partial charge in [0.05, 0.1) is 17.5 Å². The number of hydrogen-bond donors (Lipinski definition) is 1. The van der Waals surface area contributed by atoms with E-state index in [4.69, 9.17) is 0 Å². The van der Waals surface area contributed by atoms with E-state index >= 15 is 0 Å². The molecule has 2 aliphatic rings. The quantitative estimate of drug-likeness (QED) is 0.906. The van der Waals surface area contributed by atoms with Gasteiger partial charge >= 0.3 is 0 Å². The molecule has 1 aliphatic heterocycles. The Morgan fingerprint density at radius 3 is 2.70 bits per heavy atom. The molecule has 1 aromatic rings. The number of carbonyl (C=O) groups excluding carboxylic acids is 1. The van der Waals surface area contributed by atoms with Crippen molar-refractivity contribution in [1.29, 1.82) is 0 Å². The Kier molecular flexibility index (Phi) is 3.78. The number of amides is 1. The van der Waals surface area contributed by atoms with Gasteiger partial charge in [0.15, 0.2) is 0 Å². The van der Waals surface area contributed by atoms with Crippen LogP contribution in [0.1, 0.15) is 48.7 Å². The van der Waals surface area contributed by atoms with Crippen LogP contribution in [0.25, 0.3) is 0 Å². The zero-order valence-corrected chi connectivity index (χ0v) is 12.4. The Labute approximate surface area is 120 Å². The van der Waals surface area contributed by atoms with E-state index in [1.165, 1.54) is 18.5 Å². The lowest BCUT2D eigenvalue weighted by Gasteiger charge is -2.27. The maximum atomic E-state index is 12.7. The predicted molar refractivity (Wildman–Crippen MR) is 77.8 cm³/mol. The standard InChI is InChI=1S/C15H24N4O/c1-11(2)10-19-14(12-3-4-12)13(9-17-19)15(20)18-7-5-16-6-8-18/h9,11-12,16H,3-8,10H2,1-2H3. The van der Waals surface area contributed by atoms with Crippen LogP contribution in [-0.2, 0) is 6.54 Å². The summed E-state index contributed by atoms with van der Waals surface area (Å²) in [5.41, 5.74) is 2.03. The van der Waals surface area contributed by atoms with Crippen molar-refractivity contribution in [2.75, 3.05) is 26.2 Å². The van der Waals surface area contributed by atoms with Gasteiger partial charge in [0, 0.05) is 38.6 Å². The van der Waals surface area contributed by atoms with Crippen molar-refractivity contribution in [3.8, 4) is 0 Å². The number of piperazine rings is 1. The van der Waals surface area contributed by atoms with E-state index in [9.17, 15) is 4.79 Å². The van der Waals surface area contributed by atoms with E-state index in [1.807, 2.05) is 4.90 Å². The van der Waals surface area contributed by atoms with E-state index in [-0.39, 0.29) is 5.91 Å². The molecule has 1 aromatic heterocycles. The minimum Gasteiger partial charge on any atom is -0.336 e. The third-order valence-electron chi connectivity index (χ3n) is 4.02. The monoisotopic (exact) mass is 276 g/mol. The fraction of sp³-hybridized carbons (Fsp3) is 0.733. The van der Waals surface area contributed by atoms with Crippen LogP contribution >= 0.6 is 0 Å². The van der Waals surface area contributed by atoms with Gasteiger partial charge in [-0.1, -0.05) is 13.8 Å². The first-order valence-electron chi connectivity index (χ1n) is 7.72. The molecule has 5 nitrogen and oxygen atoms in total. The van der Waals surface area contributed by atoms with Gasteiger partial charge < -0.3 is 10.2 Å². The summed E-state index contributed by atoms with van der Waals surface area (Å²) in [6.07, 6.45) is 4.19. The van der Waals surface area contributed by atoms with Crippen molar-refractivity contribution in [2.24, 2.45) is 5.92 Å². The summed E-state index contributed by atoms with van der Waals surface area (Å²) in [6, 6.07) is 0. The van der Waals surface area contributed by atoms with Crippen molar-refractivity contribution >= 4 is 5.91 Å². The molecular weight excluding hydrogens is 252 g/mol. The van der Waals surface area contributed by atoms with Crippen molar-refractivity contribution in [2.45, 2.75) is 39.2 Å². The summed E-state index contributed by atoms with van der Waals surface area (Å²) in [4.78, 5) is 14.7. The lowest BCUT2D eigenvalue weighted by molar-refractivity contribution is 0.0734. The molecule has 3 rings (SSSR count). The molecule has 0 bridgehead atoms. The second-order valence-electron chi connectivity index (χ2n) is 6.34. The first-order valence-corrected chi connectivity index (χ1v) is 7.72. The first-order chi connectivity index (χ1) is 9.66. The van der Waals surface area contributed by atoms with Crippen LogP contribution in [0.2, 0.25) is 0 Å². The molecular formula is C15H24N4O. The number of nitrogens with zero attached hydrogens (tertiary/aromatic N) is 3. The number of rotatable bonds is 4. The Balaban J connectivity index is 1.84. The Bertz CT molecular complexity index is 484. The maximum Gasteiger partial charge on any atom is 0.257 e. The fourth-order valence-electron chi connectivity index (χ4n) is 2.88. The molecule has 0 atom stereocenters. The molecule has 2 heterocycles. The van der Waals surface area contributed by atoms with Gasteiger partial charge in [-0.15, -0.1) is 0 Å². The Hall–Kier alpha value is -1.36. The maximum absolute atomic E-state index is 12.7.